The second kappa shape index (κ2) is 7.61. The van der Waals surface area contributed by atoms with Crippen LogP contribution in [0.3, 0.4) is 0 Å². The van der Waals surface area contributed by atoms with Gasteiger partial charge in [0.2, 0.25) is 10.0 Å². The van der Waals surface area contributed by atoms with Crippen LogP contribution < -0.4 is 14.2 Å². The predicted octanol–water partition coefficient (Wildman–Crippen LogP) is 4.05. The highest BCUT2D eigenvalue weighted by Gasteiger charge is 2.24. The van der Waals surface area contributed by atoms with Gasteiger partial charge in [-0.1, -0.05) is 35.3 Å². The number of hydrogen-bond acceptors (Lipinski definition) is 4. The summed E-state index contributed by atoms with van der Waals surface area (Å²) in [7, 11) is -0.862. The Morgan fingerprint density at radius 1 is 0.958 bits per heavy atom. The molecule has 0 bridgehead atoms. The van der Waals surface area contributed by atoms with Crippen molar-refractivity contribution in [3.8, 4) is 11.5 Å². The second-order valence-corrected chi connectivity index (χ2v) is 7.45. The summed E-state index contributed by atoms with van der Waals surface area (Å²) < 4.78 is 37.9. The molecule has 0 heterocycles. The molecular formula is C16H17Cl2NO4S. The van der Waals surface area contributed by atoms with Crippen LogP contribution in [0.5, 0.6) is 11.5 Å². The fraction of sp³-hybridized carbons (Fsp3) is 0.250. The molecule has 8 heteroatoms. The number of benzene rings is 2. The lowest BCUT2D eigenvalue weighted by atomic mass is 10.1. The molecule has 1 N–H and O–H groups in total. The number of nitrogens with one attached hydrogen (secondary N) is 1. The highest BCUT2D eigenvalue weighted by Crippen LogP contribution is 2.36. The summed E-state index contributed by atoms with van der Waals surface area (Å²) in [6.45, 7) is 1.73. The minimum atomic E-state index is -3.85. The number of sulfonamides is 1. The van der Waals surface area contributed by atoms with Gasteiger partial charge in [-0.2, -0.15) is 0 Å². The average Bonchev–Trinajstić information content (AvgIpc) is 2.56. The van der Waals surface area contributed by atoms with E-state index in [-0.39, 0.29) is 14.9 Å². The Labute approximate surface area is 151 Å². The number of methoxy groups -OCH3 is 2. The first kappa shape index (κ1) is 18.9. The summed E-state index contributed by atoms with van der Waals surface area (Å²) in [4.78, 5) is -0.102. The fourth-order valence-electron chi connectivity index (χ4n) is 2.14. The number of halogens is 2. The zero-order valence-corrected chi connectivity index (χ0v) is 15.7. The SMILES string of the molecule is COc1ccc(C(C)NS(=O)(=O)c2ccc(OC)c(Cl)c2Cl)cc1. The van der Waals surface area contributed by atoms with Gasteiger partial charge in [-0.15, -0.1) is 0 Å². The van der Waals surface area contributed by atoms with Crippen molar-refractivity contribution in [3.63, 3.8) is 0 Å². The maximum atomic E-state index is 12.6. The van der Waals surface area contributed by atoms with Crippen LogP contribution >= 0.6 is 23.2 Å². The van der Waals surface area contributed by atoms with Gasteiger partial charge in [0.15, 0.2) is 0 Å². The van der Waals surface area contributed by atoms with Crippen LogP contribution in [0.15, 0.2) is 41.3 Å². The standard InChI is InChI=1S/C16H17Cl2NO4S/c1-10(11-4-6-12(22-2)7-5-11)19-24(20,21)14-9-8-13(23-3)15(17)16(14)18/h4-10,19H,1-3H3. The van der Waals surface area contributed by atoms with Gasteiger partial charge in [0.25, 0.3) is 0 Å². The molecule has 0 spiro atoms. The first-order chi connectivity index (χ1) is 11.3. The molecule has 0 saturated heterocycles. The molecule has 1 unspecified atom stereocenters. The van der Waals surface area contributed by atoms with Gasteiger partial charge in [0.1, 0.15) is 21.4 Å². The number of ether oxygens (including phenoxy) is 2. The third-order valence-electron chi connectivity index (χ3n) is 3.47. The van der Waals surface area contributed by atoms with Crippen molar-refractivity contribution in [2.24, 2.45) is 0 Å². The minimum absolute atomic E-state index is 0.0548. The summed E-state index contributed by atoms with van der Waals surface area (Å²) in [6.07, 6.45) is 0. The fourth-order valence-corrected chi connectivity index (χ4v) is 4.21. The van der Waals surface area contributed by atoms with Gasteiger partial charge in [-0.3, -0.25) is 0 Å². The number of hydrogen-bond donors (Lipinski definition) is 1. The monoisotopic (exact) mass is 389 g/mol. The van der Waals surface area contributed by atoms with Crippen LogP contribution in [0.25, 0.3) is 0 Å². The third kappa shape index (κ3) is 3.95. The Morgan fingerprint density at radius 2 is 1.58 bits per heavy atom. The maximum Gasteiger partial charge on any atom is 0.242 e. The largest absolute Gasteiger partial charge is 0.497 e. The quantitative estimate of drug-likeness (QED) is 0.808. The molecule has 0 radical (unpaired) electrons. The van der Waals surface area contributed by atoms with Gasteiger partial charge >= 0.3 is 0 Å². The molecule has 0 amide bonds. The van der Waals surface area contributed by atoms with Gasteiger partial charge in [-0.05, 0) is 36.8 Å². The molecule has 1 atom stereocenters. The first-order valence-corrected chi connectivity index (χ1v) is 9.22. The summed E-state index contributed by atoms with van der Waals surface area (Å²) in [5, 5.41) is -0.0235. The van der Waals surface area contributed by atoms with Gasteiger partial charge < -0.3 is 9.47 Å². The average molecular weight is 390 g/mol. The van der Waals surface area contributed by atoms with Crippen LogP contribution in [0.2, 0.25) is 10.0 Å². The Hall–Kier alpha value is -1.47. The Morgan fingerprint density at radius 3 is 2.12 bits per heavy atom. The van der Waals surface area contributed by atoms with Crippen molar-refractivity contribution in [1.82, 2.24) is 4.72 Å². The molecule has 24 heavy (non-hydrogen) atoms. The molecule has 0 aromatic heterocycles. The van der Waals surface area contributed by atoms with Crippen molar-refractivity contribution in [3.05, 3.63) is 52.0 Å². The predicted molar refractivity (Wildman–Crippen MR) is 94.7 cm³/mol. The molecule has 5 nitrogen and oxygen atoms in total. The summed E-state index contributed by atoms with van der Waals surface area (Å²) in [5.41, 5.74) is 0.787. The van der Waals surface area contributed by atoms with E-state index in [4.69, 9.17) is 32.7 Å². The van der Waals surface area contributed by atoms with Crippen molar-refractivity contribution in [1.29, 1.82) is 0 Å². The van der Waals surface area contributed by atoms with Gasteiger partial charge in [0.05, 0.1) is 19.2 Å². The molecule has 0 aliphatic heterocycles. The van der Waals surface area contributed by atoms with Gasteiger partial charge in [-0.25, -0.2) is 13.1 Å². The summed E-state index contributed by atoms with van der Waals surface area (Å²) in [6, 6.07) is 9.45. The second-order valence-electron chi connectivity index (χ2n) is 5.01. The zero-order chi connectivity index (χ0) is 17.9. The van der Waals surface area contributed by atoms with E-state index in [9.17, 15) is 8.42 Å². The Balaban J connectivity index is 2.29. The highest BCUT2D eigenvalue weighted by molar-refractivity contribution is 7.89. The number of rotatable bonds is 6. The molecule has 0 fully saturated rings. The van der Waals surface area contributed by atoms with E-state index >= 15 is 0 Å². The molecule has 2 aromatic carbocycles. The first-order valence-electron chi connectivity index (χ1n) is 6.98. The van der Waals surface area contributed by atoms with Crippen molar-refractivity contribution in [2.45, 2.75) is 17.9 Å². The van der Waals surface area contributed by atoms with E-state index in [0.717, 1.165) is 5.56 Å². The van der Waals surface area contributed by atoms with E-state index < -0.39 is 16.1 Å². The summed E-state index contributed by atoms with van der Waals surface area (Å²) >= 11 is 12.1. The Kier molecular flexibility index (Phi) is 5.98. The third-order valence-corrected chi connectivity index (χ3v) is 6.03. The molecule has 0 aliphatic rings. The smallest absolute Gasteiger partial charge is 0.242 e. The molecule has 130 valence electrons. The van der Waals surface area contributed by atoms with E-state index in [2.05, 4.69) is 4.72 Å². The van der Waals surface area contributed by atoms with E-state index in [0.29, 0.717) is 11.5 Å². The van der Waals surface area contributed by atoms with Gasteiger partial charge in [0, 0.05) is 6.04 Å². The zero-order valence-electron chi connectivity index (χ0n) is 13.3. The van der Waals surface area contributed by atoms with Crippen molar-refractivity contribution in [2.75, 3.05) is 14.2 Å². The molecule has 2 aromatic rings. The van der Waals surface area contributed by atoms with Crippen LogP contribution in [0.4, 0.5) is 0 Å². The lowest BCUT2D eigenvalue weighted by Crippen LogP contribution is -2.27. The van der Waals surface area contributed by atoms with Crippen LogP contribution in [0.1, 0.15) is 18.5 Å². The van der Waals surface area contributed by atoms with E-state index in [1.807, 2.05) is 0 Å². The van der Waals surface area contributed by atoms with E-state index in [1.165, 1.54) is 19.2 Å². The summed E-state index contributed by atoms with van der Waals surface area (Å²) in [5.74, 6) is 1.00. The van der Waals surface area contributed by atoms with Crippen molar-refractivity contribution < 1.29 is 17.9 Å². The van der Waals surface area contributed by atoms with E-state index in [1.54, 1.807) is 38.3 Å². The highest BCUT2D eigenvalue weighted by atomic mass is 35.5. The Bertz CT molecular complexity index is 823. The lowest BCUT2D eigenvalue weighted by molar-refractivity contribution is 0.414. The lowest BCUT2D eigenvalue weighted by Gasteiger charge is -2.16. The maximum absolute atomic E-state index is 12.6. The normalized spacial score (nSPS) is 12.7. The molecule has 0 aliphatic carbocycles. The van der Waals surface area contributed by atoms with Crippen LogP contribution in [0, 0.1) is 0 Å². The molecule has 2 rings (SSSR count). The molecule has 0 saturated carbocycles. The molecular weight excluding hydrogens is 373 g/mol. The topological polar surface area (TPSA) is 64.6 Å². The van der Waals surface area contributed by atoms with Crippen LogP contribution in [-0.2, 0) is 10.0 Å². The van der Waals surface area contributed by atoms with Crippen LogP contribution in [-0.4, -0.2) is 22.6 Å². The van der Waals surface area contributed by atoms with Crippen molar-refractivity contribution >= 4 is 33.2 Å². The minimum Gasteiger partial charge on any atom is -0.497 e.